The van der Waals surface area contributed by atoms with Gasteiger partial charge in [0.2, 0.25) is 5.91 Å². The Balaban J connectivity index is 2.89. The topological polar surface area (TPSA) is 95.2 Å². The van der Waals surface area contributed by atoms with Crippen LogP contribution < -0.4 is 16.6 Å². The molecule has 0 aliphatic carbocycles. The molecule has 0 radical (unpaired) electrons. The van der Waals surface area contributed by atoms with E-state index in [0.717, 1.165) is 10.1 Å². The third-order valence-electron chi connectivity index (χ3n) is 3.66. The largest absolute Gasteiger partial charge is 0.375 e. The van der Waals surface area contributed by atoms with E-state index in [1.165, 1.54) is 25.8 Å². The minimum Gasteiger partial charge on any atom is -0.375 e. The molecule has 0 fully saturated rings. The molecule has 0 saturated carbocycles. The van der Waals surface area contributed by atoms with Crippen LogP contribution in [0.5, 0.6) is 0 Å². The maximum absolute atomic E-state index is 12.6. The van der Waals surface area contributed by atoms with Crippen molar-refractivity contribution in [3.8, 4) is 0 Å². The minimum atomic E-state index is -0.495. The maximum Gasteiger partial charge on any atom is 0.332 e. The zero-order chi connectivity index (χ0) is 17.3. The molecule has 2 rings (SSSR count). The summed E-state index contributed by atoms with van der Waals surface area (Å²) in [5.41, 5.74) is 0.364. The van der Waals surface area contributed by atoms with E-state index in [9.17, 15) is 14.4 Å². The van der Waals surface area contributed by atoms with E-state index < -0.39 is 11.2 Å². The average molecular weight is 320 g/mol. The molecule has 0 spiro atoms. The Bertz CT molecular complexity index is 880. The predicted molar refractivity (Wildman–Crippen MR) is 86.8 cm³/mol. The zero-order valence-electron chi connectivity index (χ0n) is 13.8. The van der Waals surface area contributed by atoms with Gasteiger partial charge in [-0.15, -0.1) is 0 Å². The summed E-state index contributed by atoms with van der Waals surface area (Å²) in [6.07, 6.45) is 1.58. The molecule has 124 valence electrons. The van der Waals surface area contributed by atoms with Gasteiger partial charge in [-0.2, -0.15) is 0 Å². The van der Waals surface area contributed by atoms with Gasteiger partial charge in [-0.05, 0) is 11.5 Å². The van der Waals surface area contributed by atoms with E-state index in [4.69, 9.17) is 4.74 Å². The highest BCUT2D eigenvalue weighted by Crippen LogP contribution is 2.28. The Kier molecular flexibility index (Phi) is 4.65. The Morgan fingerprint density at radius 3 is 2.52 bits per heavy atom. The number of anilines is 1. The van der Waals surface area contributed by atoms with Gasteiger partial charge in [0.15, 0.2) is 5.65 Å². The molecule has 2 aromatic heterocycles. The number of aryl methyl sites for hydroxylation is 1. The minimum absolute atomic E-state index is 0.0340. The van der Waals surface area contributed by atoms with Crippen molar-refractivity contribution in [3.63, 3.8) is 0 Å². The number of fused-ring (bicyclic) bond motifs is 1. The lowest BCUT2D eigenvalue weighted by Crippen LogP contribution is -2.38. The van der Waals surface area contributed by atoms with Gasteiger partial charge in [0.1, 0.15) is 12.0 Å². The molecular formula is C15H20N4O4. The van der Waals surface area contributed by atoms with Crippen LogP contribution in [-0.4, -0.2) is 33.7 Å². The molecule has 0 aromatic carbocycles. The number of hydrogen-bond acceptors (Lipinski definition) is 5. The highest BCUT2D eigenvalue weighted by Gasteiger charge is 2.20. The van der Waals surface area contributed by atoms with E-state index in [1.807, 2.05) is 13.8 Å². The molecule has 2 aromatic rings. The second-order valence-electron chi connectivity index (χ2n) is 5.63. The van der Waals surface area contributed by atoms with Crippen LogP contribution in [0.15, 0.2) is 15.8 Å². The van der Waals surface area contributed by atoms with Gasteiger partial charge >= 0.3 is 5.69 Å². The Morgan fingerprint density at radius 2 is 1.96 bits per heavy atom. The number of nitrogens with zero attached hydrogens (tertiary/aromatic N) is 3. The Labute approximate surface area is 132 Å². The van der Waals surface area contributed by atoms with Crippen LogP contribution >= 0.6 is 0 Å². The van der Waals surface area contributed by atoms with Gasteiger partial charge in [0.25, 0.3) is 5.56 Å². The number of rotatable bonds is 4. The molecule has 0 unspecified atom stereocenters. The van der Waals surface area contributed by atoms with E-state index in [1.54, 1.807) is 6.20 Å². The third kappa shape index (κ3) is 2.89. The van der Waals surface area contributed by atoms with Crippen LogP contribution in [0.2, 0.25) is 0 Å². The van der Waals surface area contributed by atoms with E-state index >= 15 is 0 Å². The van der Waals surface area contributed by atoms with Crippen molar-refractivity contribution in [1.82, 2.24) is 14.1 Å². The lowest BCUT2D eigenvalue weighted by molar-refractivity contribution is -0.119. The molecule has 1 N–H and O–H groups in total. The monoisotopic (exact) mass is 320 g/mol. The van der Waals surface area contributed by atoms with Crippen molar-refractivity contribution >= 4 is 22.6 Å². The van der Waals surface area contributed by atoms with Crippen molar-refractivity contribution in [3.05, 3.63) is 32.6 Å². The summed E-state index contributed by atoms with van der Waals surface area (Å²) >= 11 is 0. The van der Waals surface area contributed by atoms with E-state index in [-0.39, 0.29) is 29.5 Å². The fourth-order valence-corrected chi connectivity index (χ4v) is 2.42. The van der Waals surface area contributed by atoms with Crippen molar-refractivity contribution in [2.45, 2.75) is 19.8 Å². The molecule has 1 amide bonds. The summed E-state index contributed by atoms with van der Waals surface area (Å²) in [6.45, 7) is 3.73. The maximum atomic E-state index is 12.6. The predicted octanol–water partition coefficient (Wildman–Crippen LogP) is 0.341. The zero-order valence-corrected chi connectivity index (χ0v) is 13.8. The number of nitrogens with one attached hydrogen (secondary N) is 1. The van der Waals surface area contributed by atoms with E-state index in [2.05, 4.69) is 10.3 Å². The molecular weight excluding hydrogens is 300 g/mol. The first kappa shape index (κ1) is 16.9. The molecule has 23 heavy (non-hydrogen) atoms. The number of hydrogen-bond donors (Lipinski definition) is 1. The second kappa shape index (κ2) is 6.33. The summed E-state index contributed by atoms with van der Waals surface area (Å²) in [7, 11) is 4.34. The smallest absolute Gasteiger partial charge is 0.332 e. The lowest BCUT2D eigenvalue weighted by atomic mass is 10.0. The molecule has 0 bridgehead atoms. The van der Waals surface area contributed by atoms with E-state index in [0.29, 0.717) is 5.69 Å². The molecule has 0 saturated heterocycles. The number of carbonyl (C=O) groups is 1. The summed E-state index contributed by atoms with van der Waals surface area (Å²) in [5, 5.41) is 2.93. The Hall–Kier alpha value is -2.48. The highest BCUT2D eigenvalue weighted by molar-refractivity contribution is 6.01. The van der Waals surface area contributed by atoms with Gasteiger partial charge < -0.3 is 10.1 Å². The number of aromatic nitrogens is 3. The summed E-state index contributed by atoms with van der Waals surface area (Å²) < 4.78 is 7.10. The van der Waals surface area contributed by atoms with Gasteiger partial charge in [-0.25, -0.2) is 9.78 Å². The van der Waals surface area contributed by atoms with Crippen LogP contribution in [0, 0.1) is 0 Å². The van der Waals surface area contributed by atoms with Crippen molar-refractivity contribution in [2.24, 2.45) is 14.1 Å². The average Bonchev–Trinajstić information content (AvgIpc) is 2.50. The Morgan fingerprint density at radius 1 is 1.30 bits per heavy atom. The van der Waals surface area contributed by atoms with Crippen molar-refractivity contribution < 1.29 is 9.53 Å². The first-order valence-corrected chi connectivity index (χ1v) is 7.17. The molecule has 8 heteroatoms. The third-order valence-corrected chi connectivity index (χ3v) is 3.66. The molecule has 0 aliphatic heterocycles. The van der Waals surface area contributed by atoms with Gasteiger partial charge in [0, 0.05) is 27.4 Å². The van der Waals surface area contributed by atoms with Crippen molar-refractivity contribution in [2.75, 3.05) is 19.0 Å². The van der Waals surface area contributed by atoms with Crippen LogP contribution in [0.3, 0.4) is 0 Å². The molecule has 2 heterocycles. The SMILES string of the molecule is COCC(=O)Nc1c(C(C)C)cnc2c1c(=O)n(C)c(=O)n2C. The van der Waals surface area contributed by atoms with Crippen LogP contribution in [-0.2, 0) is 23.6 Å². The molecule has 8 nitrogen and oxygen atoms in total. The first-order chi connectivity index (χ1) is 10.8. The quantitative estimate of drug-likeness (QED) is 0.876. The summed E-state index contributed by atoms with van der Waals surface area (Å²) in [6, 6.07) is 0. The second-order valence-corrected chi connectivity index (χ2v) is 5.63. The van der Waals surface area contributed by atoms with Crippen LogP contribution in [0.1, 0.15) is 25.3 Å². The van der Waals surface area contributed by atoms with Gasteiger partial charge in [-0.3, -0.25) is 18.7 Å². The molecule has 0 atom stereocenters. The standard InChI is InChI=1S/C15H20N4O4/c1-8(2)9-6-16-13-11(12(9)17-10(20)7-23-5)14(21)19(4)15(22)18(13)3/h6,8H,7H2,1-5H3,(H,16,17,20). The number of carbonyl (C=O) groups excluding carboxylic acids is 1. The lowest BCUT2D eigenvalue weighted by Gasteiger charge is -2.17. The number of ether oxygens (including phenoxy) is 1. The fraction of sp³-hybridized carbons (Fsp3) is 0.467. The molecule has 0 aliphatic rings. The number of amides is 1. The van der Waals surface area contributed by atoms with Crippen molar-refractivity contribution in [1.29, 1.82) is 0 Å². The fourth-order valence-electron chi connectivity index (χ4n) is 2.42. The number of pyridine rings is 1. The normalized spacial score (nSPS) is 11.2. The number of methoxy groups -OCH3 is 1. The van der Waals surface area contributed by atoms with Gasteiger partial charge in [0.05, 0.1) is 5.69 Å². The summed E-state index contributed by atoms with van der Waals surface area (Å²) in [4.78, 5) is 40.8. The summed E-state index contributed by atoms with van der Waals surface area (Å²) in [5.74, 6) is -0.343. The first-order valence-electron chi connectivity index (χ1n) is 7.17. The van der Waals surface area contributed by atoms with Crippen LogP contribution in [0.4, 0.5) is 5.69 Å². The highest BCUT2D eigenvalue weighted by atomic mass is 16.5. The van der Waals surface area contributed by atoms with Gasteiger partial charge in [-0.1, -0.05) is 13.8 Å². The van der Waals surface area contributed by atoms with Crippen LogP contribution in [0.25, 0.3) is 11.0 Å².